The summed E-state index contributed by atoms with van der Waals surface area (Å²) in [6, 6.07) is 7.91. The summed E-state index contributed by atoms with van der Waals surface area (Å²) in [7, 11) is 0. The van der Waals surface area contributed by atoms with E-state index >= 15 is 0 Å². The van der Waals surface area contributed by atoms with E-state index in [1.807, 2.05) is 31.2 Å². The highest BCUT2D eigenvalue weighted by Crippen LogP contribution is 2.25. The number of amides is 1. The predicted octanol–water partition coefficient (Wildman–Crippen LogP) is 3.61. The number of nitrogens with one attached hydrogen (secondary N) is 1. The Morgan fingerprint density at radius 1 is 1.32 bits per heavy atom. The van der Waals surface area contributed by atoms with E-state index in [1.54, 1.807) is 6.26 Å². The molecule has 0 aromatic carbocycles. The first-order valence-corrected chi connectivity index (χ1v) is 8.68. The molecule has 1 fully saturated rings. The van der Waals surface area contributed by atoms with Crippen LogP contribution < -0.4 is 5.32 Å². The number of rotatable bonds is 5. The molecule has 4 nitrogen and oxygen atoms in total. The number of nitrogens with zero attached hydrogens (tertiary/aromatic N) is 1. The lowest BCUT2D eigenvalue weighted by Gasteiger charge is -2.33. The van der Waals surface area contributed by atoms with Gasteiger partial charge < -0.3 is 9.73 Å². The van der Waals surface area contributed by atoms with E-state index in [9.17, 15) is 4.79 Å². The maximum Gasteiger partial charge on any atom is 0.261 e. The van der Waals surface area contributed by atoms with Crippen molar-refractivity contribution in [1.82, 2.24) is 10.2 Å². The van der Waals surface area contributed by atoms with Gasteiger partial charge >= 0.3 is 0 Å². The lowest BCUT2D eigenvalue weighted by molar-refractivity contribution is 0.0918. The van der Waals surface area contributed by atoms with Gasteiger partial charge in [0.2, 0.25) is 0 Å². The molecule has 0 aliphatic carbocycles. The number of hydrogen-bond acceptors (Lipinski definition) is 4. The molecule has 0 spiro atoms. The van der Waals surface area contributed by atoms with Crippen molar-refractivity contribution in [3.63, 3.8) is 0 Å². The number of carbonyl (C=O) groups excluding carboxylic acids is 1. The van der Waals surface area contributed by atoms with E-state index in [-0.39, 0.29) is 11.9 Å². The zero-order valence-electron chi connectivity index (χ0n) is 12.9. The fourth-order valence-corrected chi connectivity index (χ4v) is 3.74. The van der Waals surface area contributed by atoms with Gasteiger partial charge in [0, 0.05) is 11.4 Å². The van der Waals surface area contributed by atoms with Crippen LogP contribution in [-0.2, 0) is 0 Å². The fraction of sp³-hybridized carbons (Fsp3) is 0.471. The lowest BCUT2D eigenvalue weighted by Crippen LogP contribution is -2.40. The Labute approximate surface area is 135 Å². The van der Waals surface area contributed by atoms with Crippen molar-refractivity contribution in [2.75, 3.05) is 19.6 Å². The topological polar surface area (TPSA) is 45.5 Å². The minimum absolute atomic E-state index is 0.00617. The van der Waals surface area contributed by atoms with Gasteiger partial charge in [-0.15, -0.1) is 11.3 Å². The third kappa shape index (κ3) is 3.59. The zero-order valence-corrected chi connectivity index (χ0v) is 13.7. The highest BCUT2D eigenvalue weighted by Gasteiger charge is 2.25. The average Bonchev–Trinajstić information content (AvgIpc) is 3.20. The normalized spacial score (nSPS) is 17.3. The van der Waals surface area contributed by atoms with Crippen molar-refractivity contribution >= 4 is 17.2 Å². The molecule has 2 aromatic heterocycles. The summed E-state index contributed by atoms with van der Waals surface area (Å²) in [5, 5.41) is 3.07. The van der Waals surface area contributed by atoms with Crippen LogP contribution in [0.4, 0.5) is 0 Å². The van der Waals surface area contributed by atoms with Crippen LogP contribution in [0, 0.1) is 6.92 Å². The highest BCUT2D eigenvalue weighted by molar-refractivity contribution is 7.13. The van der Waals surface area contributed by atoms with Crippen molar-refractivity contribution in [1.29, 1.82) is 0 Å². The van der Waals surface area contributed by atoms with Crippen molar-refractivity contribution < 1.29 is 9.21 Å². The van der Waals surface area contributed by atoms with E-state index in [0.717, 1.165) is 28.6 Å². The van der Waals surface area contributed by atoms with Crippen molar-refractivity contribution in [2.24, 2.45) is 0 Å². The molecule has 1 aliphatic heterocycles. The molecule has 0 unspecified atom stereocenters. The second-order valence-corrected chi connectivity index (χ2v) is 7.04. The van der Waals surface area contributed by atoms with E-state index in [0.29, 0.717) is 6.54 Å². The summed E-state index contributed by atoms with van der Waals surface area (Å²) in [6.45, 7) is 4.74. The largest absolute Gasteiger partial charge is 0.468 e. The third-order valence-corrected chi connectivity index (χ3v) is 5.12. The zero-order chi connectivity index (χ0) is 15.4. The minimum atomic E-state index is 0.00617. The molecule has 3 rings (SSSR count). The summed E-state index contributed by atoms with van der Waals surface area (Å²) < 4.78 is 5.60. The van der Waals surface area contributed by atoms with Gasteiger partial charge in [-0.2, -0.15) is 0 Å². The summed E-state index contributed by atoms with van der Waals surface area (Å²) >= 11 is 1.53. The molecule has 1 saturated heterocycles. The summed E-state index contributed by atoms with van der Waals surface area (Å²) in [6.07, 6.45) is 5.43. The predicted molar refractivity (Wildman–Crippen MR) is 88.3 cm³/mol. The molecule has 0 bridgehead atoms. The molecule has 118 valence electrons. The fourth-order valence-electron chi connectivity index (χ4n) is 2.95. The Morgan fingerprint density at radius 3 is 2.77 bits per heavy atom. The first-order chi connectivity index (χ1) is 10.7. The highest BCUT2D eigenvalue weighted by atomic mass is 32.1. The maximum atomic E-state index is 12.3. The standard InChI is InChI=1S/C17H22N2O2S/c1-13-7-8-16(22-13)17(20)18-12-14(15-6-5-11-21-15)19-9-3-2-4-10-19/h5-8,11,14H,2-4,9-10,12H2,1H3,(H,18,20)/t14-/m0/s1. The molecule has 1 aliphatic rings. The van der Waals surface area contributed by atoms with E-state index in [4.69, 9.17) is 4.42 Å². The molecule has 2 aromatic rings. The van der Waals surface area contributed by atoms with Gasteiger partial charge in [-0.05, 0) is 57.1 Å². The Morgan fingerprint density at radius 2 is 2.14 bits per heavy atom. The molecule has 1 N–H and O–H groups in total. The molecule has 1 atom stereocenters. The quantitative estimate of drug-likeness (QED) is 0.916. The first kappa shape index (κ1) is 15.3. The van der Waals surface area contributed by atoms with Gasteiger partial charge in [0.1, 0.15) is 5.76 Å². The van der Waals surface area contributed by atoms with Crippen LogP contribution in [0.25, 0.3) is 0 Å². The smallest absolute Gasteiger partial charge is 0.261 e. The van der Waals surface area contributed by atoms with Gasteiger partial charge in [0.25, 0.3) is 5.91 Å². The second-order valence-electron chi connectivity index (χ2n) is 5.75. The number of thiophene rings is 1. The monoisotopic (exact) mass is 318 g/mol. The number of aryl methyl sites for hydroxylation is 1. The summed E-state index contributed by atoms with van der Waals surface area (Å²) in [5.41, 5.74) is 0. The molecule has 3 heterocycles. The lowest BCUT2D eigenvalue weighted by atomic mass is 10.1. The average molecular weight is 318 g/mol. The van der Waals surface area contributed by atoms with Crippen LogP contribution in [0.15, 0.2) is 34.9 Å². The van der Waals surface area contributed by atoms with Crippen molar-refractivity contribution in [3.05, 3.63) is 46.0 Å². The van der Waals surface area contributed by atoms with Gasteiger partial charge in [0.15, 0.2) is 0 Å². The Kier molecular flexibility index (Phi) is 4.95. The van der Waals surface area contributed by atoms with Gasteiger partial charge in [0.05, 0.1) is 17.2 Å². The van der Waals surface area contributed by atoms with Crippen LogP contribution in [0.2, 0.25) is 0 Å². The minimum Gasteiger partial charge on any atom is -0.468 e. The molecule has 0 radical (unpaired) electrons. The molecule has 1 amide bonds. The van der Waals surface area contributed by atoms with Crippen LogP contribution >= 0.6 is 11.3 Å². The van der Waals surface area contributed by atoms with Gasteiger partial charge in [-0.1, -0.05) is 6.42 Å². The number of carbonyl (C=O) groups is 1. The van der Waals surface area contributed by atoms with Gasteiger partial charge in [-0.25, -0.2) is 0 Å². The molecular formula is C17H22N2O2S. The Bertz CT molecular complexity index is 600. The van der Waals surface area contributed by atoms with E-state index < -0.39 is 0 Å². The molecule has 0 saturated carbocycles. The van der Waals surface area contributed by atoms with Crippen molar-refractivity contribution in [3.8, 4) is 0 Å². The number of furan rings is 1. The Balaban J connectivity index is 1.66. The van der Waals surface area contributed by atoms with Crippen LogP contribution in [0.3, 0.4) is 0 Å². The van der Waals surface area contributed by atoms with Gasteiger partial charge in [-0.3, -0.25) is 9.69 Å². The van der Waals surface area contributed by atoms with E-state index in [2.05, 4.69) is 10.2 Å². The number of piperidine rings is 1. The van der Waals surface area contributed by atoms with Crippen molar-refractivity contribution in [2.45, 2.75) is 32.2 Å². The molecule has 5 heteroatoms. The van der Waals surface area contributed by atoms with Crippen LogP contribution in [-0.4, -0.2) is 30.4 Å². The summed E-state index contributed by atoms with van der Waals surface area (Å²) in [4.78, 5) is 16.6. The van der Waals surface area contributed by atoms with Crippen LogP contribution in [0.5, 0.6) is 0 Å². The number of hydrogen-bond donors (Lipinski definition) is 1. The SMILES string of the molecule is Cc1ccc(C(=O)NC[C@@H](c2ccco2)N2CCCCC2)s1. The number of likely N-dealkylation sites (tertiary alicyclic amines) is 1. The van der Waals surface area contributed by atoms with E-state index in [1.165, 1.54) is 30.6 Å². The maximum absolute atomic E-state index is 12.3. The second kappa shape index (κ2) is 7.11. The van der Waals surface area contributed by atoms with Crippen LogP contribution in [0.1, 0.15) is 45.6 Å². The molecule has 22 heavy (non-hydrogen) atoms. The molecular weight excluding hydrogens is 296 g/mol. The first-order valence-electron chi connectivity index (χ1n) is 7.86. The summed E-state index contributed by atoms with van der Waals surface area (Å²) in [5.74, 6) is 0.941. The Hall–Kier alpha value is -1.59. The third-order valence-electron chi connectivity index (χ3n) is 4.12.